The molecule has 0 radical (unpaired) electrons. The van der Waals surface area contributed by atoms with Gasteiger partial charge in [-0.05, 0) is 18.6 Å². The third-order valence-corrected chi connectivity index (χ3v) is 3.36. The molecule has 1 aromatic heterocycles. The predicted octanol–water partition coefficient (Wildman–Crippen LogP) is 2.37. The number of pyridine rings is 1. The van der Waals surface area contributed by atoms with Crippen molar-refractivity contribution in [3.63, 3.8) is 0 Å². The van der Waals surface area contributed by atoms with E-state index in [1.165, 1.54) is 6.42 Å². The molecule has 0 saturated heterocycles. The number of nitrogens with one attached hydrogen (secondary N) is 1. The van der Waals surface area contributed by atoms with Crippen LogP contribution >= 0.6 is 11.8 Å². The van der Waals surface area contributed by atoms with E-state index in [1.54, 1.807) is 6.20 Å². The number of aromatic nitrogens is 1. The van der Waals surface area contributed by atoms with Gasteiger partial charge in [-0.1, -0.05) is 18.7 Å². The molecule has 14 heavy (non-hydrogen) atoms. The monoisotopic (exact) mass is 207 g/mol. The van der Waals surface area contributed by atoms with Gasteiger partial charge in [0.1, 0.15) is 0 Å². The zero-order valence-electron chi connectivity index (χ0n) is 8.10. The summed E-state index contributed by atoms with van der Waals surface area (Å²) >= 11 is 1.82. The summed E-state index contributed by atoms with van der Waals surface area (Å²) in [6, 6.07) is 3.91. The van der Waals surface area contributed by atoms with Gasteiger partial charge in [0, 0.05) is 11.4 Å². The molecule has 4 heteroatoms. The van der Waals surface area contributed by atoms with Gasteiger partial charge in [-0.2, -0.15) is 0 Å². The summed E-state index contributed by atoms with van der Waals surface area (Å²) < 4.78 is 0. The van der Waals surface area contributed by atoms with Gasteiger partial charge in [-0.25, -0.2) is 0 Å². The van der Waals surface area contributed by atoms with E-state index < -0.39 is 0 Å². The van der Waals surface area contributed by atoms with Gasteiger partial charge in [0.2, 0.25) is 0 Å². The van der Waals surface area contributed by atoms with Crippen molar-refractivity contribution < 1.29 is 0 Å². The molecule has 1 aromatic rings. The van der Waals surface area contributed by atoms with Gasteiger partial charge in [0.05, 0.1) is 18.4 Å². The van der Waals surface area contributed by atoms with Crippen molar-refractivity contribution in [3.8, 4) is 0 Å². The van der Waals surface area contributed by atoms with Crippen LogP contribution < -0.4 is 5.32 Å². The van der Waals surface area contributed by atoms with Crippen molar-refractivity contribution in [3.05, 3.63) is 24.5 Å². The third-order valence-electron chi connectivity index (χ3n) is 2.08. The van der Waals surface area contributed by atoms with Crippen LogP contribution in [0.1, 0.15) is 13.3 Å². The Hall–Kier alpha value is -1.03. The third kappa shape index (κ3) is 2.26. The maximum Gasteiger partial charge on any atom is 0.161 e. The quantitative estimate of drug-likeness (QED) is 0.809. The number of hydrogen-bond donors (Lipinski definition) is 1. The van der Waals surface area contributed by atoms with Gasteiger partial charge in [0.25, 0.3) is 0 Å². The van der Waals surface area contributed by atoms with E-state index in [1.807, 2.05) is 30.1 Å². The average Bonchev–Trinajstić information content (AvgIpc) is 2.67. The second-order valence-corrected chi connectivity index (χ2v) is 4.45. The Morgan fingerprint density at radius 2 is 2.57 bits per heavy atom. The molecule has 1 unspecified atom stereocenters. The smallest absolute Gasteiger partial charge is 0.161 e. The number of anilines is 1. The molecule has 0 fully saturated rings. The van der Waals surface area contributed by atoms with Gasteiger partial charge in [0.15, 0.2) is 5.17 Å². The van der Waals surface area contributed by atoms with Gasteiger partial charge in [-0.3, -0.25) is 9.98 Å². The van der Waals surface area contributed by atoms with Crippen molar-refractivity contribution >= 4 is 22.6 Å². The van der Waals surface area contributed by atoms with Crippen LogP contribution in [0.2, 0.25) is 0 Å². The summed E-state index contributed by atoms with van der Waals surface area (Å²) in [6.45, 7) is 3.13. The molecule has 3 nitrogen and oxygen atoms in total. The van der Waals surface area contributed by atoms with Crippen LogP contribution in [-0.2, 0) is 0 Å². The second-order valence-electron chi connectivity index (χ2n) is 3.16. The Labute approximate surface area is 88.0 Å². The van der Waals surface area contributed by atoms with E-state index in [-0.39, 0.29) is 0 Å². The summed E-state index contributed by atoms with van der Waals surface area (Å²) in [7, 11) is 0. The normalized spacial score (nSPS) is 20.6. The number of nitrogens with zero attached hydrogens (tertiary/aromatic N) is 2. The standard InChI is InChI=1S/C10H13N3S/c1-2-9-7-12-10(14-9)13-8-4-3-5-11-6-8/h3-6,9H,2,7H2,1H3,(H,12,13). The van der Waals surface area contributed by atoms with Crippen LogP contribution in [0.25, 0.3) is 0 Å². The Morgan fingerprint density at radius 3 is 3.21 bits per heavy atom. The first-order valence-electron chi connectivity index (χ1n) is 4.76. The van der Waals surface area contributed by atoms with Crippen LogP contribution in [0.3, 0.4) is 0 Å². The van der Waals surface area contributed by atoms with Crippen molar-refractivity contribution in [2.24, 2.45) is 4.99 Å². The molecule has 0 aromatic carbocycles. The largest absolute Gasteiger partial charge is 0.334 e. The zero-order chi connectivity index (χ0) is 9.80. The molecule has 1 atom stereocenters. The molecule has 0 spiro atoms. The van der Waals surface area contributed by atoms with Gasteiger partial charge >= 0.3 is 0 Å². The molecular weight excluding hydrogens is 194 g/mol. The Balaban J connectivity index is 1.94. The lowest BCUT2D eigenvalue weighted by Gasteiger charge is -2.05. The summed E-state index contributed by atoms with van der Waals surface area (Å²) in [4.78, 5) is 8.46. The van der Waals surface area contributed by atoms with E-state index in [4.69, 9.17) is 0 Å². The van der Waals surface area contributed by atoms with Crippen LogP contribution in [0.15, 0.2) is 29.5 Å². The minimum atomic E-state index is 0.647. The number of rotatable bonds is 2. The highest BCUT2D eigenvalue weighted by atomic mass is 32.2. The minimum absolute atomic E-state index is 0.647. The second kappa shape index (κ2) is 4.46. The predicted molar refractivity (Wildman–Crippen MR) is 61.8 cm³/mol. The summed E-state index contributed by atoms with van der Waals surface area (Å²) in [5.41, 5.74) is 1.01. The molecule has 2 rings (SSSR count). The molecule has 1 aliphatic heterocycles. The molecule has 2 heterocycles. The molecule has 1 aliphatic rings. The Kier molecular flexibility index (Phi) is 3.03. The van der Waals surface area contributed by atoms with Gasteiger partial charge < -0.3 is 5.32 Å². The molecule has 1 N–H and O–H groups in total. The average molecular weight is 207 g/mol. The van der Waals surface area contributed by atoms with Gasteiger partial charge in [-0.15, -0.1) is 0 Å². The molecule has 0 amide bonds. The Bertz CT molecular complexity index is 323. The lowest BCUT2D eigenvalue weighted by atomic mass is 10.3. The lowest BCUT2D eigenvalue weighted by molar-refractivity contribution is 0.843. The fraction of sp³-hybridized carbons (Fsp3) is 0.400. The summed E-state index contributed by atoms with van der Waals surface area (Å²) in [6.07, 6.45) is 4.75. The van der Waals surface area contributed by atoms with Crippen molar-refractivity contribution in [2.75, 3.05) is 11.9 Å². The first kappa shape index (κ1) is 9.52. The van der Waals surface area contributed by atoms with Crippen molar-refractivity contribution in [1.29, 1.82) is 0 Å². The fourth-order valence-corrected chi connectivity index (χ4v) is 2.22. The molecule has 74 valence electrons. The van der Waals surface area contributed by atoms with Crippen LogP contribution in [0.4, 0.5) is 5.69 Å². The number of hydrogen-bond acceptors (Lipinski definition) is 4. The first-order valence-corrected chi connectivity index (χ1v) is 5.64. The van der Waals surface area contributed by atoms with E-state index in [2.05, 4.69) is 22.2 Å². The van der Waals surface area contributed by atoms with E-state index in [0.29, 0.717) is 5.25 Å². The highest BCUT2D eigenvalue weighted by molar-refractivity contribution is 8.15. The molecule has 0 aliphatic carbocycles. The van der Waals surface area contributed by atoms with Crippen molar-refractivity contribution in [2.45, 2.75) is 18.6 Å². The SMILES string of the molecule is CCC1CN=C(Nc2cccnc2)S1. The summed E-state index contributed by atoms with van der Waals surface area (Å²) in [5, 5.41) is 4.92. The number of thioether (sulfide) groups is 1. The first-order chi connectivity index (χ1) is 6.88. The van der Waals surface area contributed by atoms with E-state index >= 15 is 0 Å². The Morgan fingerprint density at radius 1 is 1.64 bits per heavy atom. The zero-order valence-corrected chi connectivity index (χ0v) is 8.92. The maximum atomic E-state index is 4.42. The van der Waals surface area contributed by atoms with Crippen LogP contribution in [-0.4, -0.2) is 21.9 Å². The fourth-order valence-electron chi connectivity index (χ4n) is 1.26. The van der Waals surface area contributed by atoms with E-state index in [0.717, 1.165) is 17.4 Å². The number of aliphatic imine (C=N–C) groups is 1. The maximum absolute atomic E-state index is 4.42. The van der Waals surface area contributed by atoms with Crippen molar-refractivity contribution in [1.82, 2.24) is 4.98 Å². The van der Waals surface area contributed by atoms with Crippen LogP contribution in [0, 0.1) is 0 Å². The molecule has 0 bridgehead atoms. The van der Waals surface area contributed by atoms with E-state index in [9.17, 15) is 0 Å². The number of amidine groups is 1. The molecular formula is C10H13N3S. The lowest BCUT2D eigenvalue weighted by Crippen LogP contribution is -2.06. The topological polar surface area (TPSA) is 37.3 Å². The summed E-state index contributed by atoms with van der Waals surface area (Å²) in [5.74, 6) is 0. The minimum Gasteiger partial charge on any atom is -0.334 e. The highest BCUT2D eigenvalue weighted by Gasteiger charge is 2.17. The highest BCUT2D eigenvalue weighted by Crippen LogP contribution is 2.24. The molecule has 0 saturated carbocycles. The van der Waals surface area contributed by atoms with Crippen LogP contribution in [0.5, 0.6) is 0 Å².